The molecular weight excluding hydrogens is 216 g/mol. The number of fused-ring (bicyclic) bond motifs is 1. The van der Waals surface area contributed by atoms with Crippen LogP contribution >= 0.6 is 0 Å². The molecule has 0 saturated carbocycles. The van der Waals surface area contributed by atoms with E-state index < -0.39 is 16.8 Å². The van der Waals surface area contributed by atoms with Gasteiger partial charge in [-0.1, -0.05) is 6.92 Å². The van der Waals surface area contributed by atoms with E-state index in [1.807, 2.05) is 6.92 Å². The topological polar surface area (TPSA) is 70.0 Å². The van der Waals surface area contributed by atoms with E-state index in [-0.39, 0.29) is 4.91 Å². The van der Waals surface area contributed by atoms with Gasteiger partial charge in [0.25, 0.3) is 0 Å². The lowest BCUT2D eigenvalue weighted by Gasteiger charge is -2.20. The first-order chi connectivity index (χ1) is 7.13. The molecule has 0 saturated heterocycles. The molecule has 15 heavy (non-hydrogen) atoms. The van der Waals surface area contributed by atoms with Crippen LogP contribution in [0.3, 0.4) is 0 Å². The van der Waals surface area contributed by atoms with Gasteiger partial charge in [-0.2, -0.15) is 0 Å². The van der Waals surface area contributed by atoms with Crippen LogP contribution in [0.15, 0.2) is 27.9 Å². The summed E-state index contributed by atoms with van der Waals surface area (Å²) in [6, 6.07) is 0. The van der Waals surface area contributed by atoms with Gasteiger partial charge in [0.15, 0.2) is 0 Å². The first-order valence-corrected chi connectivity index (χ1v) is 5.67. The molecular formula is C9H10N2O3S. The van der Waals surface area contributed by atoms with Crippen LogP contribution in [0.25, 0.3) is 0 Å². The molecule has 0 bridgehead atoms. The van der Waals surface area contributed by atoms with Gasteiger partial charge < -0.3 is 10.0 Å². The zero-order valence-corrected chi connectivity index (χ0v) is 8.95. The van der Waals surface area contributed by atoms with E-state index in [2.05, 4.69) is 4.99 Å². The number of carboxylic acids is 1. The van der Waals surface area contributed by atoms with E-state index in [4.69, 9.17) is 5.11 Å². The number of carboxylic acid groups (broad SMARTS) is 1. The van der Waals surface area contributed by atoms with Gasteiger partial charge >= 0.3 is 5.97 Å². The van der Waals surface area contributed by atoms with E-state index in [1.165, 1.54) is 6.20 Å². The van der Waals surface area contributed by atoms with Gasteiger partial charge in [-0.25, -0.2) is 14.0 Å². The molecule has 1 unspecified atom stereocenters. The smallest absolute Gasteiger partial charge is 0.346 e. The van der Waals surface area contributed by atoms with Gasteiger partial charge in [0.2, 0.25) is 5.17 Å². The van der Waals surface area contributed by atoms with E-state index in [0.29, 0.717) is 11.7 Å². The SMILES string of the molecule is CCC1=CN=C2N(C=C(C(=O)O)S2=O)C1. The molecule has 0 radical (unpaired) electrons. The third-order valence-corrected chi connectivity index (χ3v) is 3.63. The molecule has 5 nitrogen and oxygen atoms in total. The van der Waals surface area contributed by atoms with E-state index >= 15 is 0 Å². The third-order valence-electron chi connectivity index (χ3n) is 2.28. The van der Waals surface area contributed by atoms with Crippen molar-refractivity contribution < 1.29 is 14.1 Å². The predicted octanol–water partition coefficient (Wildman–Crippen LogP) is 0.640. The highest BCUT2D eigenvalue weighted by molar-refractivity contribution is 8.05. The molecule has 1 N–H and O–H groups in total. The molecule has 0 aromatic carbocycles. The normalized spacial score (nSPS) is 24.2. The fraction of sp³-hybridized carbons (Fsp3) is 0.333. The second kappa shape index (κ2) is 3.62. The third kappa shape index (κ3) is 1.61. The summed E-state index contributed by atoms with van der Waals surface area (Å²) in [5.74, 6) is -1.15. The number of rotatable bonds is 2. The highest BCUT2D eigenvalue weighted by Crippen LogP contribution is 2.23. The van der Waals surface area contributed by atoms with Gasteiger partial charge in [-0.15, -0.1) is 0 Å². The summed E-state index contributed by atoms with van der Waals surface area (Å²) in [4.78, 5) is 16.3. The van der Waals surface area contributed by atoms with Crippen molar-refractivity contribution in [3.8, 4) is 0 Å². The maximum absolute atomic E-state index is 11.6. The molecule has 0 aliphatic carbocycles. The summed E-state index contributed by atoms with van der Waals surface area (Å²) in [6.07, 6.45) is 3.93. The summed E-state index contributed by atoms with van der Waals surface area (Å²) >= 11 is 0. The summed E-state index contributed by atoms with van der Waals surface area (Å²) in [7, 11) is -1.63. The van der Waals surface area contributed by atoms with Crippen LogP contribution in [-0.4, -0.2) is 31.9 Å². The van der Waals surface area contributed by atoms with Crippen molar-refractivity contribution in [2.45, 2.75) is 13.3 Å². The molecule has 0 spiro atoms. The number of aliphatic imine (C=N–C) groups is 1. The van der Waals surface area contributed by atoms with Crippen LogP contribution in [0.2, 0.25) is 0 Å². The molecule has 0 amide bonds. The average molecular weight is 226 g/mol. The highest BCUT2D eigenvalue weighted by atomic mass is 32.2. The number of hydrogen-bond donors (Lipinski definition) is 1. The number of nitrogens with zero attached hydrogens (tertiary/aromatic N) is 2. The zero-order valence-electron chi connectivity index (χ0n) is 8.14. The first-order valence-electron chi connectivity index (χ1n) is 4.52. The molecule has 80 valence electrons. The van der Waals surface area contributed by atoms with Crippen LogP contribution in [0.4, 0.5) is 0 Å². The lowest BCUT2D eigenvalue weighted by molar-refractivity contribution is -0.131. The molecule has 6 heteroatoms. The van der Waals surface area contributed by atoms with Crippen LogP contribution in [0.5, 0.6) is 0 Å². The number of hydrogen-bond acceptors (Lipinski definition) is 4. The summed E-state index contributed by atoms with van der Waals surface area (Å²) in [5, 5.41) is 9.12. The van der Waals surface area contributed by atoms with E-state index in [1.54, 1.807) is 11.1 Å². The molecule has 0 fully saturated rings. The monoisotopic (exact) mass is 226 g/mol. The Bertz CT molecular complexity index is 437. The molecule has 2 rings (SSSR count). The first kappa shape index (κ1) is 10.1. The molecule has 2 aliphatic heterocycles. The Morgan fingerprint density at radius 2 is 2.47 bits per heavy atom. The lowest BCUT2D eigenvalue weighted by Crippen LogP contribution is -2.28. The Morgan fingerprint density at radius 1 is 1.73 bits per heavy atom. The second-order valence-electron chi connectivity index (χ2n) is 3.25. The summed E-state index contributed by atoms with van der Waals surface area (Å²) in [5.41, 5.74) is 1.10. The molecule has 0 aromatic heterocycles. The lowest BCUT2D eigenvalue weighted by atomic mass is 10.2. The van der Waals surface area contributed by atoms with Crippen molar-refractivity contribution in [2.24, 2.45) is 4.99 Å². The minimum atomic E-state index is -1.63. The van der Waals surface area contributed by atoms with Crippen molar-refractivity contribution in [1.82, 2.24) is 4.90 Å². The van der Waals surface area contributed by atoms with Crippen molar-refractivity contribution >= 4 is 21.9 Å². The highest BCUT2D eigenvalue weighted by Gasteiger charge is 2.33. The Balaban J connectivity index is 2.33. The number of aliphatic carboxylic acids is 1. The Labute approximate surface area is 89.3 Å². The fourth-order valence-corrected chi connectivity index (χ4v) is 2.49. The Kier molecular flexibility index (Phi) is 2.44. The van der Waals surface area contributed by atoms with E-state index in [0.717, 1.165) is 12.0 Å². The quantitative estimate of drug-likeness (QED) is 0.750. The fourth-order valence-electron chi connectivity index (χ4n) is 1.43. The van der Waals surface area contributed by atoms with Crippen molar-refractivity contribution in [3.63, 3.8) is 0 Å². The average Bonchev–Trinajstić information content (AvgIpc) is 2.55. The molecule has 0 aromatic rings. The standard InChI is InChI=1S/C9H10N2O3S/c1-2-6-3-10-9-11(4-6)5-7(8(12)13)15(9)14/h3,5H,2,4H2,1H3,(H,12,13). The number of carbonyl (C=O) groups is 1. The maximum atomic E-state index is 11.6. The van der Waals surface area contributed by atoms with Crippen molar-refractivity contribution in [2.75, 3.05) is 6.54 Å². The van der Waals surface area contributed by atoms with Gasteiger partial charge in [-0.05, 0) is 12.0 Å². The zero-order chi connectivity index (χ0) is 11.0. The summed E-state index contributed by atoms with van der Waals surface area (Å²) in [6.45, 7) is 2.58. The summed E-state index contributed by atoms with van der Waals surface area (Å²) < 4.78 is 11.6. The van der Waals surface area contributed by atoms with Gasteiger partial charge in [0.1, 0.15) is 15.7 Å². The van der Waals surface area contributed by atoms with Crippen LogP contribution in [0, 0.1) is 0 Å². The van der Waals surface area contributed by atoms with Crippen LogP contribution in [0.1, 0.15) is 13.3 Å². The van der Waals surface area contributed by atoms with Crippen molar-refractivity contribution in [3.05, 3.63) is 22.9 Å². The van der Waals surface area contributed by atoms with Crippen molar-refractivity contribution in [1.29, 1.82) is 0 Å². The van der Waals surface area contributed by atoms with Crippen LogP contribution < -0.4 is 0 Å². The van der Waals surface area contributed by atoms with Gasteiger partial charge in [0.05, 0.1) is 0 Å². The minimum absolute atomic E-state index is 0.0977. The van der Waals surface area contributed by atoms with E-state index in [9.17, 15) is 9.00 Å². The Morgan fingerprint density at radius 3 is 3.07 bits per heavy atom. The minimum Gasteiger partial charge on any atom is -0.477 e. The molecule has 2 heterocycles. The van der Waals surface area contributed by atoms with Gasteiger partial charge in [-0.3, -0.25) is 0 Å². The maximum Gasteiger partial charge on any atom is 0.346 e. The van der Waals surface area contributed by atoms with Gasteiger partial charge in [0, 0.05) is 18.9 Å². The van der Waals surface area contributed by atoms with Crippen LogP contribution in [-0.2, 0) is 15.6 Å². The molecule has 2 aliphatic rings. The number of amidine groups is 1. The molecule has 1 atom stereocenters. The largest absolute Gasteiger partial charge is 0.477 e. The predicted molar refractivity (Wildman–Crippen MR) is 56.4 cm³/mol. The second-order valence-corrected chi connectivity index (χ2v) is 4.59. The Hall–Kier alpha value is -1.43.